The van der Waals surface area contributed by atoms with E-state index in [0.29, 0.717) is 6.42 Å². The molecule has 0 radical (unpaired) electrons. The van der Waals surface area contributed by atoms with Crippen LogP contribution in [-0.2, 0) is 4.79 Å². The maximum Gasteiger partial charge on any atom is 0.252 e. The number of allylic oxidation sites excluding steroid dienone is 1. The van der Waals surface area contributed by atoms with Gasteiger partial charge in [0.25, 0.3) is 5.91 Å². The molecule has 28 heavy (non-hydrogen) atoms. The Hall–Kier alpha value is -2.25. The van der Waals surface area contributed by atoms with Gasteiger partial charge < -0.3 is 9.80 Å². The minimum absolute atomic E-state index is 0.206. The van der Waals surface area contributed by atoms with Crippen molar-refractivity contribution in [3.63, 3.8) is 0 Å². The van der Waals surface area contributed by atoms with Crippen LogP contribution < -0.4 is 4.90 Å². The van der Waals surface area contributed by atoms with Crippen molar-refractivity contribution in [3.05, 3.63) is 35.5 Å². The highest BCUT2D eigenvalue weighted by atomic mass is 32.1. The molecule has 6 nitrogen and oxygen atoms in total. The number of aromatic nitrogens is 1. The lowest BCUT2D eigenvalue weighted by molar-refractivity contribution is -0.127. The highest BCUT2D eigenvalue weighted by Crippen LogP contribution is 2.30. The fourth-order valence-electron chi connectivity index (χ4n) is 4.36. The van der Waals surface area contributed by atoms with Crippen LogP contribution in [0.5, 0.6) is 0 Å². The minimum atomic E-state index is 0.206. The van der Waals surface area contributed by atoms with Crippen molar-refractivity contribution in [2.24, 2.45) is 4.99 Å². The zero-order valence-corrected chi connectivity index (χ0v) is 16.8. The quantitative estimate of drug-likeness (QED) is 0.799. The number of amides is 1. The summed E-state index contributed by atoms with van der Waals surface area (Å²) in [5, 5.41) is 1.26. The Kier molecular flexibility index (Phi) is 4.86. The van der Waals surface area contributed by atoms with Crippen molar-refractivity contribution in [1.29, 1.82) is 0 Å². The number of fused-ring (bicyclic) bond motifs is 1. The van der Waals surface area contributed by atoms with E-state index in [1.807, 2.05) is 11.1 Å². The molecule has 1 aromatic carbocycles. The van der Waals surface area contributed by atoms with E-state index in [-0.39, 0.29) is 5.91 Å². The van der Waals surface area contributed by atoms with Gasteiger partial charge in [-0.2, -0.15) is 4.37 Å². The first-order valence-corrected chi connectivity index (χ1v) is 10.9. The lowest BCUT2D eigenvalue weighted by atomic mass is 10.1. The molecule has 2 aromatic rings. The van der Waals surface area contributed by atoms with Crippen molar-refractivity contribution >= 4 is 39.6 Å². The second-order valence-corrected chi connectivity index (χ2v) is 8.47. The number of nitrogens with zero attached hydrogens (tertiary/aromatic N) is 5. The molecule has 1 aromatic heterocycles. The smallest absolute Gasteiger partial charge is 0.252 e. The van der Waals surface area contributed by atoms with Crippen molar-refractivity contribution in [3.8, 4) is 0 Å². The monoisotopic (exact) mass is 395 g/mol. The van der Waals surface area contributed by atoms with Crippen LogP contribution in [0.25, 0.3) is 10.1 Å². The van der Waals surface area contributed by atoms with E-state index >= 15 is 0 Å². The Morgan fingerprint density at radius 3 is 2.79 bits per heavy atom. The summed E-state index contributed by atoms with van der Waals surface area (Å²) in [6.07, 6.45) is 4.55. The highest BCUT2D eigenvalue weighted by molar-refractivity contribution is 7.13. The molecule has 0 spiro atoms. The Morgan fingerprint density at radius 1 is 1.04 bits per heavy atom. The summed E-state index contributed by atoms with van der Waals surface area (Å²) in [6, 6.07) is 8.47. The van der Waals surface area contributed by atoms with Crippen LogP contribution in [-0.4, -0.2) is 72.1 Å². The van der Waals surface area contributed by atoms with Gasteiger partial charge in [-0.25, -0.2) is 0 Å². The lowest BCUT2D eigenvalue weighted by Gasteiger charge is -2.36. The number of aliphatic imine (C=N–C) groups is 1. The number of anilines is 1. The molecule has 7 heteroatoms. The summed E-state index contributed by atoms with van der Waals surface area (Å²) in [5.74, 6) is 1.33. The molecule has 1 saturated heterocycles. The van der Waals surface area contributed by atoms with Gasteiger partial charge in [-0.15, -0.1) is 0 Å². The number of rotatable bonds is 4. The maximum atomic E-state index is 12.8. The van der Waals surface area contributed by atoms with Gasteiger partial charge in [0.1, 0.15) is 5.82 Å². The van der Waals surface area contributed by atoms with Crippen LogP contribution in [0.2, 0.25) is 0 Å². The SMILES string of the molecule is O=C1C2=C(CCCN1CCN1CCN(c3nsc4ccccc34)CC1)N=CC2. The standard InChI is InChI=1S/C21H25N5OS/c27-21-16-7-8-22-18(16)5-3-9-26(21)15-12-24-10-13-25(14-11-24)20-17-4-1-2-6-19(17)28-23-20/h1-2,4,6,8H,3,5,7,9-15H2. The Morgan fingerprint density at radius 2 is 1.89 bits per heavy atom. The van der Waals surface area contributed by atoms with Crippen LogP contribution in [0.15, 0.2) is 40.5 Å². The first-order valence-electron chi connectivity index (χ1n) is 10.1. The molecule has 0 aliphatic carbocycles. The Balaban J connectivity index is 1.16. The zero-order valence-electron chi connectivity index (χ0n) is 16.0. The third kappa shape index (κ3) is 3.33. The van der Waals surface area contributed by atoms with Crippen LogP contribution in [0, 0.1) is 0 Å². The first-order chi connectivity index (χ1) is 13.8. The number of carbonyl (C=O) groups is 1. The molecule has 1 fully saturated rings. The van der Waals surface area contributed by atoms with E-state index in [4.69, 9.17) is 4.37 Å². The minimum Gasteiger partial charge on any atom is -0.353 e. The molecule has 0 unspecified atom stereocenters. The average molecular weight is 396 g/mol. The summed E-state index contributed by atoms with van der Waals surface area (Å²) in [7, 11) is 0. The number of benzene rings is 1. The number of hydrogen-bond acceptors (Lipinski definition) is 6. The molecule has 5 rings (SSSR count). The zero-order chi connectivity index (χ0) is 18.9. The molecule has 3 aliphatic heterocycles. The molecule has 146 valence electrons. The second-order valence-electron chi connectivity index (χ2n) is 7.67. The van der Waals surface area contributed by atoms with Crippen LogP contribution in [0.4, 0.5) is 5.82 Å². The number of carbonyl (C=O) groups excluding carboxylic acids is 1. The fraction of sp³-hybridized carbons (Fsp3) is 0.476. The van der Waals surface area contributed by atoms with Gasteiger partial charge in [0.05, 0.1) is 4.70 Å². The van der Waals surface area contributed by atoms with E-state index in [2.05, 4.69) is 39.1 Å². The van der Waals surface area contributed by atoms with E-state index in [1.54, 1.807) is 11.5 Å². The predicted octanol–water partition coefficient (Wildman–Crippen LogP) is 2.77. The van der Waals surface area contributed by atoms with E-state index in [9.17, 15) is 4.79 Å². The average Bonchev–Trinajstić information content (AvgIpc) is 3.34. The van der Waals surface area contributed by atoms with E-state index < -0.39 is 0 Å². The van der Waals surface area contributed by atoms with E-state index in [1.165, 1.54) is 10.1 Å². The van der Waals surface area contributed by atoms with Gasteiger partial charge in [0, 0.05) is 75.1 Å². The van der Waals surface area contributed by atoms with Crippen LogP contribution in [0.3, 0.4) is 0 Å². The molecule has 3 aliphatic rings. The summed E-state index contributed by atoms with van der Waals surface area (Å²) in [4.78, 5) is 24.1. The van der Waals surface area contributed by atoms with Crippen LogP contribution >= 0.6 is 11.5 Å². The fourth-order valence-corrected chi connectivity index (χ4v) is 5.15. The third-order valence-electron chi connectivity index (χ3n) is 5.99. The van der Waals surface area contributed by atoms with Gasteiger partial charge in [-0.05, 0) is 36.5 Å². The Bertz CT molecular complexity index is 941. The summed E-state index contributed by atoms with van der Waals surface area (Å²) >= 11 is 1.58. The lowest BCUT2D eigenvalue weighted by Crippen LogP contribution is -2.49. The molecular formula is C21H25N5OS. The van der Waals surface area contributed by atoms with Crippen molar-refractivity contribution in [1.82, 2.24) is 14.2 Å². The number of hydrogen-bond donors (Lipinski definition) is 0. The van der Waals surface area contributed by atoms with Crippen LogP contribution in [0.1, 0.15) is 19.3 Å². The van der Waals surface area contributed by atoms with Gasteiger partial charge in [0.2, 0.25) is 0 Å². The maximum absolute atomic E-state index is 12.8. The van der Waals surface area contributed by atoms with Gasteiger partial charge in [-0.3, -0.25) is 14.7 Å². The van der Waals surface area contributed by atoms with Crippen molar-refractivity contribution < 1.29 is 4.79 Å². The van der Waals surface area contributed by atoms with Gasteiger partial charge in [0.15, 0.2) is 0 Å². The first kappa shape index (κ1) is 17.8. The van der Waals surface area contributed by atoms with Crippen molar-refractivity contribution in [2.75, 3.05) is 50.7 Å². The predicted molar refractivity (Wildman–Crippen MR) is 114 cm³/mol. The topological polar surface area (TPSA) is 52.0 Å². The summed E-state index contributed by atoms with van der Waals surface area (Å²) in [5.41, 5.74) is 1.95. The Labute approximate surface area is 169 Å². The highest BCUT2D eigenvalue weighted by Gasteiger charge is 2.27. The van der Waals surface area contributed by atoms with E-state index in [0.717, 1.165) is 75.7 Å². The molecule has 0 N–H and O–H groups in total. The van der Waals surface area contributed by atoms with Crippen molar-refractivity contribution in [2.45, 2.75) is 19.3 Å². The summed E-state index contributed by atoms with van der Waals surface area (Å²) < 4.78 is 5.95. The molecular weight excluding hydrogens is 370 g/mol. The summed E-state index contributed by atoms with van der Waals surface area (Å²) in [6.45, 7) is 6.63. The largest absolute Gasteiger partial charge is 0.353 e. The third-order valence-corrected chi connectivity index (χ3v) is 6.81. The normalized spacial score (nSPS) is 20.9. The van der Waals surface area contributed by atoms with Gasteiger partial charge in [-0.1, -0.05) is 12.1 Å². The van der Waals surface area contributed by atoms with Gasteiger partial charge >= 0.3 is 0 Å². The molecule has 0 bridgehead atoms. The molecule has 0 atom stereocenters. The molecule has 4 heterocycles. The molecule has 0 saturated carbocycles. The second kappa shape index (κ2) is 7.64. The molecule has 1 amide bonds. The number of piperazine rings is 1.